The number of rotatable bonds is 6. The van der Waals surface area contributed by atoms with Crippen molar-refractivity contribution >= 4 is 15.9 Å². The number of nitrogens with one attached hydrogen (secondary N) is 1. The normalized spacial score (nSPS) is 12.3. The summed E-state index contributed by atoms with van der Waals surface area (Å²) in [4.78, 5) is 0. The van der Waals surface area contributed by atoms with E-state index >= 15 is 0 Å². The fraction of sp³-hybridized carbons (Fsp3) is 0.294. The van der Waals surface area contributed by atoms with Gasteiger partial charge < -0.3 is 24.3 Å². The quantitative estimate of drug-likeness (QED) is 0.832. The fourth-order valence-electron chi connectivity index (χ4n) is 2.42. The van der Waals surface area contributed by atoms with Gasteiger partial charge in [-0.15, -0.1) is 0 Å². The Bertz CT molecular complexity index is 705. The Morgan fingerprint density at radius 2 is 1.74 bits per heavy atom. The van der Waals surface area contributed by atoms with Gasteiger partial charge in [-0.1, -0.05) is 22.0 Å². The summed E-state index contributed by atoms with van der Waals surface area (Å²) < 4.78 is 22.3. The van der Waals surface area contributed by atoms with Crippen molar-refractivity contribution in [3.8, 4) is 23.0 Å². The van der Waals surface area contributed by atoms with Crippen LogP contribution in [0, 0.1) is 0 Å². The molecular weight excluding hydrogens is 362 g/mol. The zero-order valence-electron chi connectivity index (χ0n) is 13.0. The van der Waals surface area contributed by atoms with Crippen molar-refractivity contribution in [3.05, 3.63) is 45.9 Å². The van der Waals surface area contributed by atoms with Crippen LogP contribution in [0.5, 0.6) is 23.0 Å². The van der Waals surface area contributed by atoms with Gasteiger partial charge in [0.05, 0.1) is 14.2 Å². The molecule has 1 aliphatic heterocycles. The average Bonchev–Trinajstić information content (AvgIpc) is 3.03. The lowest BCUT2D eigenvalue weighted by Gasteiger charge is -2.12. The van der Waals surface area contributed by atoms with Gasteiger partial charge in [0, 0.05) is 17.6 Å². The number of hydrogen-bond donors (Lipinski definition) is 1. The molecule has 0 spiro atoms. The summed E-state index contributed by atoms with van der Waals surface area (Å²) >= 11 is 3.57. The van der Waals surface area contributed by atoms with Crippen LogP contribution in [0.3, 0.4) is 0 Å². The van der Waals surface area contributed by atoms with Crippen molar-refractivity contribution < 1.29 is 18.9 Å². The van der Waals surface area contributed by atoms with E-state index in [0.717, 1.165) is 39.4 Å². The second-order valence-corrected chi connectivity index (χ2v) is 5.94. The van der Waals surface area contributed by atoms with E-state index in [1.165, 1.54) is 0 Å². The van der Waals surface area contributed by atoms with Crippen molar-refractivity contribution in [3.63, 3.8) is 0 Å². The smallest absolute Gasteiger partial charge is 0.231 e. The highest BCUT2D eigenvalue weighted by Gasteiger charge is 2.13. The number of ether oxygens (including phenoxy) is 4. The topological polar surface area (TPSA) is 49.0 Å². The standard InChI is InChI=1S/C17H18BrNO4/c1-20-15-6-12(13(18)7-16(15)21-2)9-19-8-11-3-4-14-17(5-11)23-10-22-14/h3-7,19H,8-10H2,1-2H3. The van der Waals surface area contributed by atoms with E-state index in [2.05, 4.69) is 21.2 Å². The van der Waals surface area contributed by atoms with Gasteiger partial charge in [0.15, 0.2) is 23.0 Å². The molecule has 0 bridgehead atoms. The Morgan fingerprint density at radius 1 is 1.00 bits per heavy atom. The van der Waals surface area contributed by atoms with Crippen LogP contribution < -0.4 is 24.3 Å². The van der Waals surface area contributed by atoms with Gasteiger partial charge in [-0.25, -0.2) is 0 Å². The van der Waals surface area contributed by atoms with Crippen LogP contribution >= 0.6 is 15.9 Å². The molecule has 2 aromatic rings. The van der Waals surface area contributed by atoms with E-state index in [9.17, 15) is 0 Å². The van der Waals surface area contributed by atoms with E-state index in [4.69, 9.17) is 18.9 Å². The molecule has 1 aliphatic rings. The van der Waals surface area contributed by atoms with Crippen molar-refractivity contribution in [2.75, 3.05) is 21.0 Å². The van der Waals surface area contributed by atoms with E-state index in [1.54, 1.807) is 14.2 Å². The summed E-state index contributed by atoms with van der Waals surface area (Å²) in [5.74, 6) is 3.03. The lowest BCUT2D eigenvalue weighted by molar-refractivity contribution is 0.174. The molecule has 5 nitrogen and oxygen atoms in total. The highest BCUT2D eigenvalue weighted by atomic mass is 79.9. The van der Waals surface area contributed by atoms with Crippen molar-refractivity contribution in [1.29, 1.82) is 0 Å². The van der Waals surface area contributed by atoms with Gasteiger partial charge in [-0.3, -0.25) is 0 Å². The first-order valence-electron chi connectivity index (χ1n) is 7.21. The number of halogens is 1. The molecule has 0 atom stereocenters. The van der Waals surface area contributed by atoms with E-state index in [0.29, 0.717) is 19.1 Å². The Balaban J connectivity index is 1.64. The summed E-state index contributed by atoms with van der Waals surface area (Å²) in [6.45, 7) is 1.73. The SMILES string of the molecule is COc1cc(Br)c(CNCc2ccc3c(c2)OCO3)cc1OC. The Hall–Kier alpha value is -1.92. The first kappa shape index (κ1) is 16.0. The number of fused-ring (bicyclic) bond motifs is 1. The summed E-state index contributed by atoms with van der Waals surface area (Å²) in [6, 6.07) is 9.85. The molecule has 2 aromatic carbocycles. The molecule has 6 heteroatoms. The molecule has 0 radical (unpaired) electrons. The van der Waals surface area contributed by atoms with Crippen LogP contribution in [0.2, 0.25) is 0 Å². The monoisotopic (exact) mass is 379 g/mol. The van der Waals surface area contributed by atoms with Crippen LogP contribution in [0.1, 0.15) is 11.1 Å². The van der Waals surface area contributed by atoms with Crippen molar-refractivity contribution in [2.24, 2.45) is 0 Å². The maximum absolute atomic E-state index is 5.39. The predicted molar refractivity (Wildman–Crippen MR) is 90.4 cm³/mol. The van der Waals surface area contributed by atoms with Crippen LogP contribution in [-0.2, 0) is 13.1 Å². The molecule has 0 unspecified atom stereocenters. The number of benzene rings is 2. The van der Waals surface area contributed by atoms with E-state index in [1.807, 2.05) is 30.3 Å². The summed E-state index contributed by atoms with van der Waals surface area (Å²) in [5, 5.41) is 3.42. The molecule has 23 heavy (non-hydrogen) atoms. The molecule has 0 amide bonds. The van der Waals surface area contributed by atoms with Crippen LogP contribution in [-0.4, -0.2) is 21.0 Å². The third kappa shape index (κ3) is 3.54. The molecule has 0 fully saturated rings. The highest BCUT2D eigenvalue weighted by Crippen LogP contribution is 2.34. The van der Waals surface area contributed by atoms with E-state index < -0.39 is 0 Å². The molecule has 0 saturated heterocycles. The minimum atomic E-state index is 0.296. The van der Waals surface area contributed by atoms with E-state index in [-0.39, 0.29) is 0 Å². The zero-order chi connectivity index (χ0) is 16.2. The van der Waals surface area contributed by atoms with Crippen molar-refractivity contribution in [2.45, 2.75) is 13.1 Å². The van der Waals surface area contributed by atoms with Gasteiger partial charge in [0.1, 0.15) is 0 Å². The van der Waals surface area contributed by atoms with Gasteiger partial charge in [-0.2, -0.15) is 0 Å². The third-order valence-corrected chi connectivity index (χ3v) is 4.37. The minimum Gasteiger partial charge on any atom is -0.493 e. The predicted octanol–water partition coefficient (Wildman–Crippen LogP) is 3.48. The molecule has 122 valence electrons. The Kier molecular flexibility index (Phi) is 4.93. The summed E-state index contributed by atoms with van der Waals surface area (Å²) in [5.41, 5.74) is 2.24. The second kappa shape index (κ2) is 7.10. The molecule has 1 N–H and O–H groups in total. The fourth-order valence-corrected chi connectivity index (χ4v) is 2.89. The lowest BCUT2D eigenvalue weighted by atomic mass is 10.1. The maximum atomic E-state index is 5.39. The molecule has 0 aliphatic carbocycles. The van der Waals surface area contributed by atoms with Gasteiger partial charge in [0.2, 0.25) is 6.79 Å². The maximum Gasteiger partial charge on any atom is 0.231 e. The molecule has 0 saturated carbocycles. The first-order valence-corrected chi connectivity index (χ1v) is 8.00. The van der Waals surface area contributed by atoms with Gasteiger partial charge >= 0.3 is 0 Å². The third-order valence-electron chi connectivity index (χ3n) is 3.63. The average molecular weight is 380 g/mol. The summed E-state index contributed by atoms with van der Waals surface area (Å²) in [7, 11) is 3.26. The van der Waals surface area contributed by atoms with Crippen LogP contribution in [0.15, 0.2) is 34.8 Å². The van der Waals surface area contributed by atoms with Crippen LogP contribution in [0.4, 0.5) is 0 Å². The van der Waals surface area contributed by atoms with Gasteiger partial charge in [-0.05, 0) is 35.4 Å². The van der Waals surface area contributed by atoms with Gasteiger partial charge in [0.25, 0.3) is 0 Å². The Labute approximate surface area is 143 Å². The highest BCUT2D eigenvalue weighted by molar-refractivity contribution is 9.10. The van der Waals surface area contributed by atoms with Crippen LogP contribution in [0.25, 0.3) is 0 Å². The largest absolute Gasteiger partial charge is 0.493 e. The zero-order valence-corrected chi connectivity index (χ0v) is 14.6. The lowest BCUT2D eigenvalue weighted by Crippen LogP contribution is -2.13. The second-order valence-electron chi connectivity index (χ2n) is 5.09. The molecule has 1 heterocycles. The molecule has 3 rings (SSSR count). The number of methoxy groups -OCH3 is 2. The molecular formula is C17H18BrNO4. The van der Waals surface area contributed by atoms with Crippen molar-refractivity contribution in [1.82, 2.24) is 5.32 Å². The number of hydrogen-bond acceptors (Lipinski definition) is 5. The Morgan fingerprint density at radius 3 is 2.52 bits per heavy atom. The molecule has 0 aromatic heterocycles. The summed E-state index contributed by atoms with van der Waals surface area (Å²) in [6.07, 6.45) is 0. The first-order chi connectivity index (χ1) is 11.2. The minimum absolute atomic E-state index is 0.296.